The van der Waals surface area contributed by atoms with Gasteiger partial charge in [-0.1, -0.05) is 19.3 Å². The van der Waals surface area contributed by atoms with Crippen molar-refractivity contribution in [3.63, 3.8) is 0 Å². The van der Waals surface area contributed by atoms with Crippen LogP contribution in [0.2, 0.25) is 0 Å². The van der Waals surface area contributed by atoms with Gasteiger partial charge in [0.1, 0.15) is 0 Å². The molecule has 0 spiro atoms. The van der Waals surface area contributed by atoms with Gasteiger partial charge in [-0.2, -0.15) is 0 Å². The van der Waals surface area contributed by atoms with E-state index in [4.69, 9.17) is 5.73 Å². The molecule has 0 bridgehead atoms. The smallest absolute Gasteiger partial charge is 0.232 e. The number of rotatable bonds is 5. The third-order valence-electron chi connectivity index (χ3n) is 3.29. The Hall–Kier alpha value is -0.750. The van der Waals surface area contributed by atoms with Crippen LogP contribution in [0.1, 0.15) is 25.7 Å². The molecule has 0 amide bonds. The number of nitrogens with two attached hydrogens (primary N) is 1. The van der Waals surface area contributed by atoms with Crippen molar-refractivity contribution >= 4 is 37.3 Å². The average molecular weight is 333 g/mol. The highest BCUT2D eigenvalue weighted by Gasteiger charge is 2.20. The van der Waals surface area contributed by atoms with E-state index in [1.165, 1.54) is 19.3 Å². The topological polar surface area (TPSA) is 72.2 Å². The van der Waals surface area contributed by atoms with Gasteiger partial charge in [0.05, 0.1) is 5.75 Å². The first-order valence-electron chi connectivity index (χ1n) is 6.02. The van der Waals surface area contributed by atoms with Crippen LogP contribution < -0.4 is 10.5 Å². The van der Waals surface area contributed by atoms with Crippen molar-refractivity contribution in [2.24, 2.45) is 5.92 Å². The summed E-state index contributed by atoms with van der Waals surface area (Å²) in [5.41, 5.74) is 6.79. The zero-order chi connectivity index (χ0) is 13.2. The van der Waals surface area contributed by atoms with Crippen LogP contribution in [0.3, 0.4) is 0 Å². The molecule has 3 N–H and O–H groups in total. The fraction of sp³-hybridized carbons (Fsp3) is 0.500. The fourth-order valence-electron chi connectivity index (χ4n) is 1.92. The summed E-state index contributed by atoms with van der Waals surface area (Å²) in [6.45, 7) is 0. The van der Waals surface area contributed by atoms with Gasteiger partial charge in [-0.05, 0) is 46.5 Å². The van der Waals surface area contributed by atoms with Gasteiger partial charge in [-0.25, -0.2) is 8.42 Å². The molecule has 18 heavy (non-hydrogen) atoms. The summed E-state index contributed by atoms with van der Waals surface area (Å²) in [7, 11) is -3.25. The largest absolute Gasteiger partial charge is 0.398 e. The monoisotopic (exact) mass is 332 g/mol. The Labute approximate surface area is 116 Å². The lowest BCUT2D eigenvalue weighted by molar-refractivity contribution is 0.307. The van der Waals surface area contributed by atoms with Crippen molar-refractivity contribution in [2.45, 2.75) is 25.7 Å². The van der Waals surface area contributed by atoms with Gasteiger partial charge in [-0.15, -0.1) is 0 Å². The first-order chi connectivity index (χ1) is 8.46. The maximum atomic E-state index is 11.9. The molecule has 1 aromatic carbocycles. The van der Waals surface area contributed by atoms with Gasteiger partial charge in [0.2, 0.25) is 10.0 Å². The number of halogens is 1. The van der Waals surface area contributed by atoms with Crippen LogP contribution in [0.25, 0.3) is 0 Å². The quantitative estimate of drug-likeness (QED) is 0.814. The van der Waals surface area contributed by atoms with Gasteiger partial charge in [0.15, 0.2) is 0 Å². The van der Waals surface area contributed by atoms with E-state index < -0.39 is 10.0 Å². The van der Waals surface area contributed by atoms with E-state index in [-0.39, 0.29) is 5.75 Å². The van der Waals surface area contributed by atoms with Gasteiger partial charge in [0.25, 0.3) is 0 Å². The zero-order valence-corrected chi connectivity index (χ0v) is 12.4. The molecule has 1 fully saturated rings. The second-order valence-electron chi connectivity index (χ2n) is 4.74. The maximum Gasteiger partial charge on any atom is 0.232 e. The number of benzene rings is 1. The van der Waals surface area contributed by atoms with Crippen LogP contribution in [-0.2, 0) is 10.0 Å². The molecule has 0 heterocycles. The second-order valence-corrected chi connectivity index (χ2v) is 7.44. The van der Waals surface area contributed by atoms with Crippen molar-refractivity contribution in [1.29, 1.82) is 0 Å². The van der Waals surface area contributed by atoms with E-state index in [2.05, 4.69) is 20.7 Å². The third-order valence-corrected chi connectivity index (χ3v) is 5.30. The summed E-state index contributed by atoms with van der Waals surface area (Å²) in [5.74, 6) is 0.791. The molecular weight excluding hydrogens is 316 g/mol. The Morgan fingerprint density at radius 1 is 1.39 bits per heavy atom. The predicted molar refractivity (Wildman–Crippen MR) is 77.9 cm³/mol. The number of nitrogen functional groups attached to an aromatic ring is 1. The molecule has 1 aliphatic carbocycles. The molecule has 1 aliphatic rings. The lowest BCUT2D eigenvalue weighted by Gasteiger charge is -2.25. The highest BCUT2D eigenvalue weighted by Crippen LogP contribution is 2.30. The summed E-state index contributed by atoms with van der Waals surface area (Å²) in [6.07, 6.45) is 4.33. The third kappa shape index (κ3) is 3.62. The van der Waals surface area contributed by atoms with E-state index in [9.17, 15) is 8.42 Å². The van der Waals surface area contributed by atoms with Crippen molar-refractivity contribution in [2.75, 3.05) is 16.2 Å². The highest BCUT2D eigenvalue weighted by atomic mass is 79.9. The summed E-state index contributed by atoms with van der Waals surface area (Å²) >= 11 is 3.28. The highest BCUT2D eigenvalue weighted by molar-refractivity contribution is 9.10. The molecule has 1 saturated carbocycles. The van der Waals surface area contributed by atoms with Crippen LogP contribution >= 0.6 is 15.9 Å². The number of nitrogens with one attached hydrogen (secondary N) is 1. The van der Waals surface area contributed by atoms with Gasteiger partial charge >= 0.3 is 0 Å². The van der Waals surface area contributed by atoms with Crippen LogP contribution in [0.15, 0.2) is 22.7 Å². The molecule has 0 aromatic heterocycles. The Balaban J connectivity index is 1.95. The lowest BCUT2D eigenvalue weighted by atomic mass is 9.84. The van der Waals surface area contributed by atoms with Crippen molar-refractivity contribution in [3.05, 3.63) is 22.7 Å². The van der Waals surface area contributed by atoms with E-state index in [0.29, 0.717) is 21.8 Å². The molecule has 0 atom stereocenters. The van der Waals surface area contributed by atoms with Crippen LogP contribution in [-0.4, -0.2) is 14.2 Å². The summed E-state index contributed by atoms with van der Waals surface area (Å²) in [6, 6.07) is 5.02. The van der Waals surface area contributed by atoms with Crippen LogP contribution in [0, 0.1) is 5.92 Å². The Kier molecular flexibility index (Phi) is 4.17. The molecule has 2 rings (SSSR count). The first-order valence-corrected chi connectivity index (χ1v) is 8.46. The molecule has 1 aromatic rings. The number of sulfonamides is 1. The van der Waals surface area contributed by atoms with Crippen LogP contribution in [0.5, 0.6) is 0 Å². The minimum Gasteiger partial charge on any atom is -0.398 e. The van der Waals surface area contributed by atoms with Crippen molar-refractivity contribution in [3.8, 4) is 0 Å². The van der Waals surface area contributed by atoms with E-state index in [0.717, 1.165) is 6.42 Å². The summed E-state index contributed by atoms with van der Waals surface area (Å²) in [4.78, 5) is 0. The summed E-state index contributed by atoms with van der Waals surface area (Å²) < 4.78 is 27.0. The molecule has 6 heteroatoms. The Bertz CT molecular complexity index is 527. The molecule has 0 unspecified atom stereocenters. The minimum atomic E-state index is -3.25. The van der Waals surface area contributed by atoms with E-state index >= 15 is 0 Å². The number of hydrogen-bond acceptors (Lipinski definition) is 3. The Morgan fingerprint density at radius 3 is 2.67 bits per heavy atom. The van der Waals surface area contributed by atoms with Crippen LogP contribution in [0.4, 0.5) is 11.4 Å². The van der Waals surface area contributed by atoms with Crippen molar-refractivity contribution < 1.29 is 8.42 Å². The zero-order valence-electron chi connectivity index (χ0n) is 10.0. The van der Waals surface area contributed by atoms with Gasteiger partial charge in [0, 0.05) is 15.8 Å². The average Bonchev–Trinajstić information content (AvgIpc) is 2.20. The Morgan fingerprint density at radius 2 is 2.11 bits per heavy atom. The van der Waals surface area contributed by atoms with Gasteiger partial charge < -0.3 is 5.73 Å². The number of hydrogen-bond donors (Lipinski definition) is 2. The fourth-order valence-corrected chi connectivity index (χ4v) is 3.54. The molecular formula is C12H17BrN2O2S. The standard InChI is InChI=1S/C12H17BrN2O2S/c13-11-8-10(4-5-12(11)14)15-18(16,17)7-6-9-2-1-3-9/h4-5,8-9,15H,1-3,6-7,14H2. The lowest BCUT2D eigenvalue weighted by Crippen LogP contribution is -2.21. The SMILES string of the molecule is Nc1ccc(NS(=O)(=O)CCC2CCC2)cc1Br. The maximum absolute atomic E-state index is 11.9. The van der Waals surface area contributed by atoms with Gasteiger partial charge in [-0.3, -0.25) is 4.72 Å². The minimum absolute atomic E-state index is 0.194. The first kappa shape index (κ1) is 13.7. The molecule has 4 nitrogen and oxygen atoms in total. The number of anilines is 2. The second kappa shape index (κ2) is 5.48. The van der Waals surface area contributed by atoms with E-state index in [1.807, 2.05) is 0 Å². The molecule has 100 valence electrons. The normalized spacial score (nSPS) is 16.3. The molecule has 0 aliphatic heterocycles. The van der Waals surface area contributed by atoms with E-state index in [1.54, 1.807) is 18.2 Å². The molecule has 0 saturated heterocycles. The summed E-state index contributed by atoms with van der Waals surface area (Å²) in [5, 5.41) is 0. The predicted octanol–water partition coefficient (Wildman–Crippen LogP) is 2.96. The molecule has 0 radical (unpaired) electrons. The van der Waals surface area contributed by atoms with Crippen molar-refractivity contribution in [1.82, 2.24) is 0 Å².